The first kappa shape index (κ1) is 13.6. The molecule has 0 atom stereocenters. The van der Waals surface area contributed by atoms with E-state index in [1.807, 2.05) is 19.1 Å². The van der Waals surface area contributed by atoms with Gasteiger partial charge in [-0.3, -0.25) is 4.79 Å². The molecule has 0 spiro atoms. The molecule has 0 unspecified atom stereocenters. The maximum absolute atomic E-state index is 10.6. The Kier molecular flexibility index (Phi) is 4.16. The molecule has 1 aromatic carbocycles. The van der Waals surface area contributed by atoms with Crippen molar-refractivity contribution in [3.63, 3.8) is 0 Å². The molecule has 0 heterocycles. The van der Waals surface area contributed by atoms with Gasteiger partial charge in [-0.15, -0.1) is 0 Å². The summed E-state index contributed by atoms with van der Waals surface area (Å²) in [6.07, 6.45) is 0.734. The maximum Gasteiger partial charge on any atom is 0.303 e. The van der Waals surface area contributed by atoms with Gasteiger partial charge in [0.05, 0.1) is 0 Å². The monoisotopic (exact) mass is 235 g/mol. The number of carbonyl (C=O) groups is 1. The zero-order chi connectivity index (χ0) is 13.1. The van der Waals surface area contributed by atoms with Crippen molar-refractivity contribution in [2.45, 2.75) is 46.1 Å². The van der Waals surface area contributed by atoms with Crippen molar-refractivity contribution in [2.24, 2.45) is 0 Å². The second-order valence-electron chi connectivity index (χ2n) is 5.43. The fraction of sp³-hybridized carbons (Fsp3) is 0.500. The minimum Gasteiger partial charge on any atom is -0.481 e. The molecule has 1 aromatic rings. The first-order chi connectivity index (χ1) is 7.78. The van der Waals surface area contributed by atoms with Gasteiger partial charge in [0, 0.05) is 17.6 Å². The molecule has 0 saturated carbocycles. The number of rotatable bonds is 4. The number of aryl methyl sites for hydroxylation is 2. The van der Waals surface area contributed by atoms with Crippen LogP contribution in [0, 0.1) is 6.92 Å². The highest BCUT2D eigenvalue weighted by atomic mass is 16.4. The van der Waals surface area contributed by atoms with Gasteiger partial charge in [-0.25, -0.2) is 0 Å². The molecule has 0 fully saturated rings. The molecule has 1 rings (SSSR count). The minimum absolute atomic E-state index is 0.0206. The fourth-order valence-corrected chi connectivity index (χ4v) is 1.70. The highest BCUT2D eigenvalue weighted by Crippen LogP contribution is 2.22. The quantitative estimate of drug-likeness (QED) is 0.842. The zero-order valence-corrected chi connectivity index (χ0v) is 11.0. The number of aliphatic carboxylic acids is 1. The smallest absolute Gasteiger partial charge is 0.303 e. The molecule has 94 valence electrons. The Labute approximate surface area is 103 Å². The normalized spacial score (nSPS) is 11.3. The number of anilines is 1. The molecule has 0 bridgehead atoms. The molecule has 17 heavy (non-hydrogen) atoms. The van der Waals surface area contributed by atoms with Gasteiger partial charge in [-0.05, 0) is 45.7 Å². The van der Waals surface area contributed by atoms with Crippen LogP contribution in [0.4, 0.5) is 5.69 Å². The van der Waals surface area contributed by atoms with E-state index in [1.54, 1.807) is 0 Å². The number of hydrogen-bond acceptors (Lipinski definition) is 2. The lowest BCUT2D eigenvalue weighted by molar-refractivity contribution is -0.136. The molecule has 0 aliphatic heterocycles. The summed E-state index contributed by atoms with van der Waals surface area (Å²) in [4.78, 5) is 10.6. The molecular weight excluding hydrogens is 214 g/mol. The van der Waals surface area contributed by atoms with E-state index in [9.17, 15) is 4.79 Å². The van der Waals surface area contributed by atoms with Crippen LogP contribution in [0.2, 0.25) is 0 Å². The Morgan fingerprint density at radius 2 is 2.00 bits per heavy atom. The van der Waals surface area contributed by atoms with Crippen LogP contribution in [0.5, 0.6) is 0 Å². The van der Waals surface area contributed by atoms with E-state index in [0.717, 1.165) is 16.8 Å². The summed E-state index contributed by atoms with van der Waals surface area (Å²) in [5.41, 5.74) is 3.24. The van der Waals surface area contributed by atoms with Gasteiger partial charge in [-0.2, -0.15) is 0 Å². The average molecular weight is 235 g/mol. The summed E-state index contributed by atoms with van der Waals surface area (Å²) in [6, 6.07) is 6.12. The lowest BCUT2D eigenvalue weighted by atomic mass is 10.0. The van der Waals surface area contributed by atoms with Crippen LogP contribution in [-0.4, -0.2) is 16.6 Å². The van der Waals surface area contributed by atoms with E-state index in [2.05, 4.69) is 32.2 Å². The molecule has 3 heteroatoms. The molecular formula is C14H21NO2. The molecule has 0 amide bonds. The van der Waals surface area contributed by atoms with Gasteiger partial charge in [0.2, 0.25) is 0 Å². The van der Waals surface area contributed by atoms with Crippen molar-refractivity contribution in [3.05, 3.63) is 29.3 Å². The van der Waals surface area contributed by atoms with Crippen LogP contribution < -0.4 is 5.32 Å². The predicted octanol–water partition coefficient (Wildman–Crippen LogP) is 3.22. The number of carboxylic acids is 1. The molecule has 3 nitrogen and oxygen atoms in total. The SMILES string of the molecule is Cc1ccc(NC(C)(C)C)c(CCC(=O)O)c1. The second-order valence-corrected chi connectivity index (χ2v) is 5.43. The number of carboxylic acid groups (broad SMARTS) is 1. The van der Waals surface area contributed by atoms with Crippen LogP contribution in [-0.2, 0) is 11.2 Å². The third-order valence-corrected chi connectivity index (χ3v) is 2.38. The topological polar surface area (TPSA) is 49.3 Å². The fourth-order valence-electron chi connectivity index (χ4n) is 1.70. The molecule has 0 aliphatic carbocycles. The van der Waals surface area contributed by atoms with Gasteiger partial charge < -0.3 is 10.4 Å². The van der Waals surface area contributed by atoms with Crippen LogP contribution in [0.3, 0.4) is 0 Å². The van der Waals surface area contributed by atoms with Gasteiger partial charge in [0.15, 0.2) is 0 Å². The van der Waals surface area contributed by atoms with E-state index in [4.69, 9.17) is 5.11 Å². The summed E-state index contributed by atoms with van der Waals surface area (Å²) in [6.45, 7) is 8.29. The first-order valence-corrected chi connectivity index (χ1v) is 5.87. The molecule has 0 aliphatic rings. The summed E-state index contributed by atoms with van der Waals surface area (Å²) in [5, 5.41) is 12.2. The van der Waals surface area contributed by atoms with Crippen molar-refractivity contribution in [3.8, 4) is 0 Å². The third-order valence-electron chi connectivity index (χ3n) is 2.38. The van der Waals surface area contributed by atoms with Crippen molar-refractivity contribution >= 4 is 11.7 Å². The molecule has 0 saturated heterocycles. The van der Waals surface area contributed by atoms with E-state index in [1.165, 1.54) is 0 Å². The lowest BCUT2D eigenvalue weighted by Crippen LogP contribution is -2.26. The Morgan fingerprint density at radius 3 is 2.53 bits per heavy atom. The molecule has 0 radical (unpaired) electrons. The first-order valence-electron chi connectivity index (χ1n) is 5.87. The van der Waals surface area contributed by atoms with E-state index >= 15 is 0 Å². The van der Waals surface area contributed by atoms with E-state index < -0.39 is 5.97 Å². The number of benzene rings is 1. The van der Waals surface area contributed by atoms with E-state index in [0.29, 0.717) is 6.42 Å². The highest BCUT2D eigenvalue weighted by molar-refractivity contribution is 5.68. The summed E-state index contributed by atoms with van der Waals surface area (Å²) in [7, 11) is 0. The van der Waals surface area contributed by atoms with Gasteiger partial charge in [0.25, 0.3) is 0 Å². The minimum atomic E-state index is -0.756. The Hall–Kier alpha value is -1.51. The molecule has 0 aromatic heterocycles. The van der Waals surface area contributed by atoms with Crippen molar-refractivity contribution in [2.75, 3.05) is 5.32 Å². The van der Waals surface area contributed by atoms with Gasteiger partial charge in [-0.1, -0.05) is 17.7 Å². The summed E-state index contributed by atoms with van der Waals surface area (Å²) >= 11 is 0. The van der Waals surface area contributed by atoms with Crippen LogP contribution in [0.1, 0.15) is 38.3 Å². The van der Waals surface area contributed by atoms with Crippen LogP contribution in [0.15, 0.2) is 18.2 Å². The Bertz CT molecular complexity index is 405. The second kappa shape index (κ2) is 5.21. The Morgan fingerprint density at radius 1 is 1.35 bits per heavy atom. The summed E-state index contributed by atoms with van der Waals surface area (Å²) < 4.78 is 0. The van der Waals surface area contributed by atoms with Crippen molar-refractivity contribution in [1.29, 1.82) is 0 Å². The predicted molar refractivity (Wildman–Crippen MR) is 70.5 cm³/mol. The zero-order valence-electron chi connectivity index (χ0n) is 11.0. The van der Waals surface area contributed by atoms with Crippen LogP contribution in [0.25, 0.3) is 0 Å². The number of nitrogens with one attached hydrogen (secondary N) is 1. The highest BCUT2D eigenvalue weighted by Gasteiger charge is 2.12. The summed E-state index contributed by atoms with van der Waals surface area (Å²) in [5.74, 6) is -0.756. The standard InChI is InChI=1S/C14H21NO2/c1-10-5-7-12(15-14(2,3)4)11(9-10)6-8-13(16)17/h5,7,9,15H,6,8H2,1-4H3,(H,16,17). The van der Waals surface area contributed by atoms with Crippen molar-refractivity contribution in [1.82, 2.24) is 0 Å². The Balaban J connectivity index is 2.91. The largest absolute Gasteiger partial charge is 0.481 e. The van der Waals surface area contributed by atoms with Crippen molar-refractivity contribution < 1.29 is 9.90 Å². The average Bonchev–Trinajstić information content (AvgIpc) is 2.16. The lowest BCUT2D eigenvalue weighted by Gasteiger charge is -2.24. The van der Waals surface area contributed by atoms with Crippen LogP contribution >= 0.6 is 0 Å². The number of hydrogen-bond donors (Lipinski definition) is 2. The molecule has 2 N–H and O–H groups in total. The van der Waals surface area contributed by atoms with Gasteiger partial charge in [0.1, 0.15) is 0 Å². The maximum atomic E-state index is 10.6. The van der Waals surface area contributed by atoms with E-state index in [-0.39, 0.29) is 12.0 Å². The third kappa shape index (κ3) is 4.89. The van der Waals surface area contributed by atoms with Gasteiger partial charge >= 0.3 is 5.97 Å².